The van der Waals surface area contributed by atoms with E-state index in [9.17, 15) is 9.59 Å². The number of phenolic OH excluding ortho intramolecular Hbond substituents is 1. The summed E-state index contributed by atoms with van der Waals surface area (Å²) in [6.45, 7) is 0. The van der Waals surface area contributed by atoms with Gasteiger partial charge in [-0.2, -0.15) is 0 Å². The number of imide groups is 1. The molecular formula is C10H12N2O4. The topological polar surface area (TPSA) is 113 Å². The van der Waals surface area contributed by atoms with Gasteiger partial charge in [-0.3, -0.25) is 10.1 Å². The minimum atomic E-state index is -1.42. The van der Waals surface area contributed by atoms with Crippen LogP contribution in [0.2, 0.25) is 0 Å². The Morgan fingerprint density at radius 1 is 1.31 bits per heavy atom. The zero-order valence-electron chi connectivity index (χ0n) is 8.38. The monoisotopic (exact) mass is 224 g/mol. The number of rotatable bonds is 3. The Hall–Kier alpha value is -2.08. The van der Waals surface area contributed by atoms with Gasteiger partial charge in [0, 0.05) is 0 Å². The minimum Gasteiger partial charge on any atom is -0.508 e. The van der Waals surface area contributed by atoms with E-state index in [1.807, 2.05) is 0 Å². The van der Waals surface area contributed by atoms with Crippen molar-refractivity contribution in [1.29, 1.82) is 0 Å². The van der Waals surface area contributed by atoms with Gasteiger partial charge in [-0.25, -0.2) is 4.79 Å². The quantitative estimate of drug-likeness (QED) is 0.579. The van der Waals surface area contributed by atoms with Crippen molar-refractivity contribution in [3.8, 4) is 5.75 Å². The molecule has 5 N–H and O–H groups in total. The second-order valence-corrected chi connectivity index (χ2v) is 3.27. The first-order chi connectivity index (χ1) is 7.49. The predicted octanol–water partition coefficient (Wildman–Crippen LogP) is 0.0562. The molecule has 0 saturated heterocycles. The zero-order chi connectivity index (χ0) is 12.1. The van der Waals surface area contributed by atoms with E-state index in [4.69, 9.17) is 15.9 Å². The highest BCUT2D eigenvalue weighted by atomic mass is 16.4. The number of hydrogen-bond acceptors (Lipinski definition) is 4. The Balaban J connectivity index is 2.57. The molecule has 86 valence electrons. The molecule has 0 saturated carbocycles. The van der Waals surface area contributed by atoms with Crippen LogP contribution in [0.15, 0.2) is 24.3 Å². The number of benzene rings is 1. The average Bonchev–Trinajstić information content (AvgIpc) is 2.20. The number of nitrogens with one attached hydrogen (secondary N) is 1. The predicted molar refractivity (Wildman–Crippen MR) is 56.0 cm³/mol. The molecule has 0 bridgehead atoms. The van der Waals surface area contributed by atoms with Crippen molar-refractivity contribution in [1.82, 2.24) is 5.32 Å². The van der Waals surface area contributed by atoms with E-state index in [1.54, 1.807) is 17.4 Å². The summed E-state index contributed by atoms with van der Waals surface area (Å²) in [7, 11) is 0. The SMILES string of the molecule is N[C@@H](Cc1ccc(O)cc1)C(=O)NC(=O)O. The van der Waals surface area contributed by atoms with Crippen LogP contribution in [0.25, 0.3) is 0 Å². The molecule has 0 radical (unpaired) electrons. The summed E-state index contributed by atoms with van der Waals surface area (Å²) in [5.74, 6) is -0.632. The molecule has 0 unspecified atom stereocenters. The van der Waals surface area contributed by atoms with E-state index in [-0.39, 0.29) is 12.2 Å². The Morgan fingerprint density at radius 3 is 2.38 bits per heavy atom. The van der Waals surface area contributed by atoms with Crippen molar-refractivity contribution in [3.05, 3.63) is 29.8 Å². The molecule has 0 spiro atoms. The normalized spacial score (nSPS) is 11.8. The number of phenols is 1. The fourth-order valence-corrected chi connectivity index (χ4v) is 1.18. The molecule has 0 fully saturated rings. The molecular weight excluding hydrogens is 212 g/mol. The van der Waals surface area contributed by atoms with Gasteiger partial charge >= 0.3 is 6.09 Å². The Morgan fingerprint density at radius 2 is 1.88 bits per heavy atom. The molecule has 6 nitrogen and oxygen atoms in total. The number of amides is 2. The summed E-state index contributed by atoms with van der Waals surface area (Å²) in [5.41, 5.74) is 6.24. The largest absolute Gasteiger partial charge is 0.508 e. The van der Waals surface area contributed by atoms with Crippen LogP contribution in [0.4, 0.5) is 4.79 Å². The molecule has 1 aromatic rings. The van der Waals surface area contributed by atoms with E-state index >= 15 is 0 Å². The van der Waals surface area contributed by atoms with Gasteiger partial charge in [0.1, 0.15) is 5.75 Å². The van der Waals surface area contributed by atoms with Gasteiger partial charge in [0.15, 0.2) is 0 Å². The second-order valence-electron chi connectivity index (χ2n) is 3.27. The molecule has 16 heavy (non-hydrogen) atoms. The highest BCUT2D eigenvalue weighted by molar-refractivity contribution is 5.94. The number of carbonyl (C=O) groups excluding carboxylic acids is 1. The third-order valence-electron chi connectivity index (χ3n) is 1.96. The molecule has 0 aromatic heterocycles. The van der Waals surface area contributed by atoms with Crippen LogP contribution in [0.5, 0.6) is 5.75 Å². The summed E-state index contributed by atoms with van der Waals surface area (Å²) >= 11 is 0. The molecule has 1 aromatic carbocycles. The van der Waals surface area contributed by atoms with Crippen molar-refractivity contribution in [3.63, 3.8) is 0 Å². The maximum absolute atomic E-state index is 11.2. The average molecular weight is 224 g/mol. The van der Waals surface area contributed by atoms with Crippen molar-refractivity contribution in [2.45, 2.75) is 12.5 Å². The smallest absolute Gasteiger partial charge is 0.411 e. The van der Waals surface area contributed by atoms with E-state index in [0.29, 0.717) is 0 Å². The lowest BCUT2D eigenvalue weighted by Gasteiger charge is -2.09. The van der Waals surface area contributed by atoms with Gasteiger partial charge in [-0.1, -0.05) is 12.1 Å². The lowest BCUT2D eigenvalue weighted by Crippen LogP contribution is -2.44. The van der Waals surface area contributed by atoms with Crippen LogP contribution < -0.4 is 11.1 Å². The van der Waals surface area contributed by atoms with Crippen LogP contribution in [-0.4, -0.2) is 28.3 Å². The summed E-state index contributed by atoms with van der Waals surface area (Å²) in [5, 5.41) is 19.0. The third-order valence-corrected chi connectivity index (χ3v) is 1.96. The van der Waals surface area contributed by atoms with Gasteiger partial charge < -0.3 is 15.9 Å². The Bertz CT molecular complexity index is 388. The van der Waals surface area contributed by atoms with Crippen LogP contribution in [0.3, 0.4) is 0 Å². The Labute approximate surface area is 91.7 Å². The maximum Gasteiger partial charge on any atom is 0.411 e. The number of carboxylic acid groups (broad SMARTS) is 1. The highest BCUT2D eigenvalue weighted by Gasteiger charge is 2.15. The zero-order valence-corrected chi connectivity index (χ0v) is 8.38. The van der Waals surface area contributed by atoms with Gasteiger partial charge in [0.2, 0.25) is 5.91 Å². The summed E-state index contributed by atoms with van der Waals surface area (Å²) in [6.07, 6.45) is -1.22. The number of aromatic hydroxyl groups is 1. The summed E-state index contributed by atoms with van der Waals surface area (Å²) in [4.78, 5) is 21.3. The number of hydrogen-bond donors (Lipinski definition) is 4. The fraction of sp³-hybridized carbons (Fsp3) is 0.200. The molecule has 1 atom stereocenters. The van der Waals surface area contributed by atoms with Crippen LogP contribution in [-0.2, 0) is 11.2 Å². The van der Waals surface area contributed by atoms with Crippen molar-refractivity contribution in [2.24, 2.45) is 5.73 Å². The minimum absolute atomic E-state index is 0.118. The van der Waals surface area contributed by atoms with E-state index < -0.39 is 18.0 Å². The maximum atomic E-state index is 11.2. The van der Waals surface area contributed by atoms with E-state index in [2.05, 4.69) is 0 Å². The molecule has 2 amide bonds. The third kappa shape index (κ3) is 3.58. The molecule has 0 aliphatic rings. The van der Waals surface area contributed by atoms with Crippen LogP contribution >= 0.6 is 0 Å². The van der Waals surface area contributed by atoms with Gasteiger partial charge in [-0.05, 0) is 24.1 Å². The van der Waals surface area contributed by atoms with Crippen molar-refractivity contribution >= 4 is 12.0 Å². The number of nitrogens with two attached hydrogens (primary N) is 1. The molecule has 1 rings (SSSR count). The second kappa shape index (κ2) is 5.13. The van der Waals surface area contributed by atoms with Gasteiger partial charge in [-0.15, -0.1) is 0 Å². The number of carbonyl (C=O) groups is 2. The summed E-state index contributed by atoms with van der Waals surface area (Å²) in [6, 6.07) is 5.24. The molecule has 6 heteroatoms. The lowest BCUT2D eigenvalue weighted by atomic mass is 10.1. The highest BCUT2D eigenvalue weighted by Crippen LogP contribution is 2.10. The van der Waals surface area contributed by atoms with E-state index in [0.717, 1.165) is 5.56 Å². The van der Waals surface area contributed by atoms with Crippen LogP contribution in [0, 0.1) is 0 Å². The molecule has 0 aliphatic carbocycles. The van der Waals surface area contributed by atoms with Crippen molar-refractivity contribution in [2.75, 3.05) is 0 Å². The lowest BCUT2D eigenvalue weighted by molar-refractivity contribution is -0.121. The first kappa shape index (κ1) is 12.0. The van der Waals surface area contributed by atoms with E-state index in [1.165, 1.54) is 12.1 Å². The standard InChI is InChI=1S/C10H12N2O4/c11-8(9(14)12-10(15)16)5-6-1-3-7(13)4-2-6/h1-4,8,13H,5,11H2,(H,12,14)(H,15,16)/t8-/m0/s1. The molecule has 0 aliphatic heterocycles. The van der Waals surface area contributed by atoms with Crippen molar-refractivity contribution < 1.29 is 19.8 Å². The first-order valence-electron chi connectivity index (χ1n) is 4.56. The van der Waals surface area contributed by atoms with Gasteiger partial charge in [0.25, 0.3) is 0 Å². The fourth-order valence-electron chi connectivity index (χ4n) is 1.18. The Kier molecular flexibility index (Phi) is 3.84. The van der Waals surface area contributed by atoms with Gasteiger partial charge in [0.05, 0.1) is 6.04 Å². The first-order valence-corrected chi connectivity index (χ1v) is 4.56. The molecule has 0 heterocycles. The van der Waals surface area contributed by atoms with Crippen LogP contribution in [0.1, 0.15) is 5.56 Å². The summed E-state index contributed by atoms with van der Waals surface area (Å²) < 4.78 is 0.